The highest BCUT2D eigenvalue weighted by atomic mass is 16.6. The van der Waals surface area contributed by atoms with Gasteiger partial charge in [-0.15, -0.1) is 0 Å². The van der Waals surface area contributed by atoms with Gasteiger partial charge in [-0.25, -0.2) is 0 Å². The Morgan fingerprint density at radius 3 is 2.57 bits per heavy atom. The Morgan fingerprint density at radius 1 is 1.07 bits per heavy atom. The van der Waals surface area contributed by atoms with E-state index in [0.29, 0.717) is 29.7 Å². The van der Waals surface area contributed by atoms with Crippen LogP contribution in [0.1, 0.15) is 71.8 Å². The molecule has 28 heavy (non-hydrogen) atoms. The minimum atomic E-state index is -0.242. The average Bonchev–Trinajstić information content (AvgIpc) is 2.94. The highest BCUT2D eigenvalue weighted by Crippen LogP contribution is 2.64. The third-order valence-corrected chi connectivity index (χ3v) is 8.30. The lowest BCUT2D eigenvalue weighted by molar-refractivity contribution is -0.167. The Kier molecular flexibility index (Phi) is 5.10. The standard InChI is InChI=1S/C25H37NO2/c1-23(2)16-19(26-14-8-11-18-9-6-5-7-10-18)17-24(3)20(23)12-13-25(4)21(24)15-22(27)28-25/h5-7,9-10,19-21,26H,8,11-17H2,1-4H3/t19-,20?,21+,24-,25+/m0/s1. The number of hydrogen-bond acceptors (Lipinski definition) is 3. The van der Waals surface area contributed by atoms with Gasteiger partial charge in [0.15, 0.2) is 0 Å². The molecule has 3 heteroatoms. The minimum Gasteiger partial charge on any atom is -0.459 e. The third kappa shape index (κ3) is 3.51. The molecule has 1 N–H and O–H groups in total. The maximum absolute atomic E-state index is 12.2. The molecule has 1 aromatic carbocycles. The fourth-order valence-corrected chi connectivity index (χ4v) is 7.25. The Balaban J connectivity index is 1.43. The first-order valence-electron chi connectivity index (χ1n) is 11.2. The molecule has 3 aliphatic rings. The Bertz CT molecular complexity index is 715. The van der Waals surface area contributed by atoms with E-state index in [4.69, 9.17) is 4.74 Å². The second-order valence-electron chi connectivity index (χ2n) is 10.8. The predicted molar refractivity (Wildman–Crippen MR) is 113 cm³/mol. The topological polar surface area (TPSA) is 38.3 Å². The molecule has 4 rings (SSSR count). The molecule has 0 amide bonds. The number of benzene rings is 1. The van der Waals surface area contributed by atoms with Crippen molar-refractivity contribution in [3.63, 3.8) is 0 Å². The van der Waals surface area contributed by atoms with Crippen LogP contribution in [-0.4, -0.2) is 24.2 Å². The monoisotopic (exact) mass is 383 g/mol. The van der Waals surface area contributed by atoms with E-state index in [9.17, 15) is 4.79 Å². The van der Waals surface area contributed by atoms with Gasteiger partial charge >= 0.3 is 5.97 Å². The van der Waals surface area contributed by atoms with Crippen LogP contribution in [0.5, 0.6) is 0 Å². The zero-order chi connectivity index (χ0) is 20.0. The first kappa shape index (κ1) is 19.9. The Hall–Kier alpha value is -1.35. The number of esters is 1. The van der Waals surface area contributed by atoms with Crippen molar-refractivity contribution in [1.29, 1.82) is 0 Å². The van der Waals surface area contributed by atoms with E-state index in [-0.39, 0.29) is 17.0 Å². The maximum Gasteiger partial charge on any atom is 0.306 e. The van der Waals surface area contributed by atoms with Crippen LogP contribution in [-0.2, 0) is 16.0 Å². The number of nitrogens with one attached hydrogen (secondary N) is 1. The summed E-state index contributed by atoms with van der Waals surface area (Å²) in [5.41, 5.74) is 1.66. The zero-order valence-electron chi connectivity index (χ0n) is 18.1. The second kappa shape index (κ2) is 7.16. The summed E-state index contributed by atoms with van der Waals surface area (Å²) in [5, 5.41) is 3.88. The normalized spacial score (nSPS) is 39.1. The number of carbonyl (C=O) groups is 1. The van der Waals surface area contributed by atoms with E-state index >= 15 is 0 Å². The molecule has 1 saturated heterocycles. The van der Waals surface area contributed by atoms with Gasteiger partial charge in [-0.1, -0.05) is 51.1 Å². The molecule has 0 bridgehead atoms. The Labute approximate surface area is 170 Å². The number of aryl methyl sites for hydroxylation is 1. The van der Waals surface area contributed by atoms with Gasteiger partial charge in [0, 0.05) is 12.0 Å². The molecule has 1 aromatic rings. The molecular formula is C25H37NO2. The van der Waals surface area contributed by atoms with Crippen LogP contribution in [0.3, 0.4) is 0 Å². The fraction of sp³-hybridized carbons (Fsp3) is 0.720. The average molecular weight is 384 g/mol. The summed E-state index contributed by atoms with van der Waals surface area (Å²) in [6.07, 6.45) is 7.53. The van der Waals surface area contributed by atoms with Gasteiger partial charge < -0.3 is 10.1 Å². The van der Waals surface area contributed by atoms with Gasteiger partial charge in [-0.3, -0.25) is 4.79 Å². The van der Waals surface area contributed by atoms with Crippen molar-refractivity contribution in [2.75, 3.05) is 6.54 Å². The number of rotatable bonds is 5. The fourth-order valence-electron chi connectivity index (χ4n) is 7.25. The van der Waals surface area contributed by atoms with E-state index < -0.39 is 0 Å². The quantitative estimate of drug-likeness (QED) is 0.565. The molecule has 0 spiro atoms. The highest BCUT2D eigenvalue weighted by Gasteiger charge is 2.63. The lowest BCUT2D eigenvalue weighted by Crippen LogP contribution is -2.60. The molecule has 154 valence electrons. The molecule has 1 heterocycles. The van der Waals surface area contributed by atoms with Crippen LogP contribution in [0.2, 0.25) is 0 Å². The van der Waals surface area contributed by atoms with Gasteiger partial charge in [0.2, 0.25) is 0 Å². The molecule has 3 fully saturated rings. The van der Waals surface area contributed by atoms with Crippen molar-refractivity contribution >= 4 is 5.97 Å². The summed E-state index contributed by atoms with van der Waals surface area (Å²) in [6.45, 7) is 10.6. The van der Waals surface area contributed by atoms with Crippen LogP contribution < -0.4 is 5.32 Å². The molecule has 2 saturated carbocycles. The lowest BCUT2D eigenvalue weighted by atomic mass is 9.45. The van der Waals surface area contributed by atoms with E-state index in [1.165, 1.54) is 31.2 Å². The number of carbonyl (C=O) groups excluding carboxylic acids is 1. The van der Waals surface area contributed by atoms with Crippen molar-refractivity contribution in [3.05, 3.63) is 35.9 Å². The molecule has 0 aromatic heterocycles. The van der Waals surface area contributed by atoms with Crippen molar-refractivity contribution in [1.82, 2.24) is 5.32 Å². The summed E-state index contributed by atoms with van der Waals surface area (Å²) in [5.74, 6) is 1.06. The van der Waals surface area contributed by atoms with Crippen LogP contribution in [0, 0.1) is 22.7 Å². The van der Waals surface area contributed by atoms with Crippen molar-refractivity contribution in [3.8, 4) is 0 Å². The SMILES string of the molecule is CC1(C)C[C@H](NCCCc2ccccc2)C[C@@]2(C)C1CC[C@@]1(C)OC(=O)C[C@@H]12. The predicted octanol–water partition coefficient (Wildman–Crippen LogP) is 5.14. The molecule has 1 aliphatic heterocycles. The largest absolute Gasteiger partial charge is 0.459 e. The van der Waals surface area contributed by atoms with E-state index in [0.717, 1.165) is 19.4 Å². The summed E-state index contributed by atoms with van der Waals surface area (Å²) >= 11 is 0. The number of hydrogen-bond donors (Lipinski definition) is 1. The highest BCUT2D eigenvalue weighted by molar-refractivity contribution is 5.73. The van der Waals surface area contributed by atoms with Crippen molar-refractivity contribution < 1.29 is 9.53 Å². The molecule has 2 aliphatic carbocycles. The van der Waals surface area contributed by atoms with Crippen molar-refractivity contribution in [2.24, 2.45) is 22.7 Å². The summed E-state index contributed by atoms with van der Waals surface area (Å²) in [6, 6.07) is 11.3. The van der Waals surface area contributed by atoms with E-state index in [2.05, 4.69) is 63.3 Å². The van der Waals surface area contributed by atoms with E-state index in [1.807, 2.05) is 0 Å². The van der Waals surface area contributed by atoms with Gasteiger partial charge in [0.05, 0.1) is 6.42 Å². The lowest BCUT2D eigenvalue weighted by Gasteiger charge is -2.61. The van der Waals surface area contributed by atoms with Crippen molar-refractivity contribution in [2.45, 2.75) is 84.3 Å². The Morgan fingerprint density at radius 2 is 1.82 bits per heavy atom. The van der Waals surface area contributed by atoms with Crippen LogP contribution in [0.25, 0.3) is 0 Å². The molecule has 1 unspecified atom stereocenters. The van der Waals surface area contributed by atoms with Crippen LogP contribution in [0.4, 0.5) is 0 Å². The van der Waals surface area contributed by atoms with Crippen LogP contribution >= 0.6 is 0 Å². The van der Waals surface area contributed by atoms with Crippen LogP contribution in [0.15, 0.2) is 30.3 Å². The molecule has 0 radical (unpaired) electrons. The first-order chi connectivity index (χ1) is 13.2. The maximum atomic E-state index is 12.2. The second-order valence-corrected chi connectivity index (χ2v) is 10.8. The molecule has 5 atom stereocenters. The third-order valence-electron chi connectivity index (χ3n) is 8.30. The summed E-state index contributed by atoms with van der Waals surface area (Å²) in [7, 11) is 0. The van der Waals surface area contributed by atoms with Gasteiger partial charge in [0.1, 0.15) is 5.60 Å². The molecule has 3 nitrogen and oxygen atoms in total. The molecular weight excluding hydrogens is 346 g/mol. The number of fused-ring (bicyclic) bond motifs is 3. The summed E-state index contributed by atoms with van der Waals surface area (Å²) in [4.78, 5) is 12.2. The van der Waals surface area contributed by atoms with Gasteiger partial charge in [-0.2, -0.15) is 0 Å². The van der Waals surface area contributed by atoms with Gasteiger partial charge in [-0.05, 0) is 74.3 Å². The number of ether oxygens (including phenoxy) is 1. The first-order valence-corrected chi connectivity index (χ1v) is 11.2. The van der Waals surface area contributed by atoms with E-state index in [1.54, 1.807) is 0 Å². The zero-order valence-corrected chi connectivity index (χ0v) is 18.1. The smallest absolute Gasteiger partial charge is 0.306 e. The van der Waals surface area contributed by atoms with Gasteiger partial charge in [0.25, 0.3) is 0 Å². The summed E-state index contributed by atoms with van der Waals surface area (Å²) < 4.78 is 5.86. The minimum absolute atomic E-state index is 0.0186.